The van der Waals surface area contributed by atoms with Crippen LogP contribution in [0.2, 0.25) is 0 Å². The van der Waals surface area contributed by atoms with Gasteiger partial charge in [-0.2, -0.15) is 4.98 Å². The van der Waals surface area contributed by atoms with E-state index in [2.05, 4.69) is 20.4 Å². The van der Waals surface area contributed by atoms with Crippen molar-refractivity contribution in [3.8, 4) is 28.5 Å². The Hall–Kier alpha value is -5.26. The lowest BCUT2D eigenvalue weighted by Crippen LogP contribution is -2.24. The number of benzene rings is 3. The smallest absolute Gasteiger partial charge is 0.465 e. The zero-order valence-electron chi connectivity index (χ0n) is 26.8. The number of imidazole rings is 1. The molecule has 1 fully saturated rings. The maximum Gasteiger partial charge on any atom is 0.510 e. The fourth-order valence-electron chi connectivity index (χ4n) is 5.85. The summed E-state index contributed by atoms with van der Waals surface area (Å²) in [7, 11) is 0. The lowest BCUT2D eigenvalue weighted by Gasteiger charge is -2.22. The van der Waals surface area contributed by atoms with E-state index >= 15 is 0 Å². The molecular weight excluding hydrogens is 600 g/mol. The van der Waals surface area contributed by atoms with E-state index in [1.54, 1.807) is 26.0 Å². The first-order chi connectivity index (χ1) is 22.9. The highest BCUT2D eigenvalue weighted by Crippen LogP contribution is 2.32. The predicted octanol–water partition coefficient (Wildman–Crippen LogP) is 6.98. The standard InChI is InChI=1S/C35H38N6O6/c1-4-44-33(42)29-16-11-17-30-31(29)40(34(36-30)45-5-2)22-24-18-20-25(21-19-24)27-14-9-10-15-28(27)32-37-39-41(38-32)23(3)46-35(43)47-26-12-7-6-8-13-26/h9-11,14-21,23,26H,4-8,12-13,22H2,1-3H3. The van der Waals surface area contributed by atoms with Gasteiger partial charge in [0, 0.05) is 5.56 Å². The van der Waals surface area contributed by atoms with Crippen molar-refractivity contribution >= 4 is 23.2 Å². The Morgan fingerprint density at radius 3 is 2.43 bits per heavy atom. The number of fused-ring (bicyclic) bond motifs is 1. The Kier molecular flexibility index (Phi) is 9.75. The summed E-state index contributed by atoms with van der Waals surface area (Å²) in [5, 5.41) is 12.9. The second kappa shape index (κ2) is 14.4. The molecule has 47 heavy (non-hydrogen) atoms. The summed E-state index contributed by atoms with van der Waals surface area (Å²) < 4.78 is 24.0. The van der Waals surface area contributed by atoms with Crippen LogP contribution < -0.4 is 4.74 Å². The van der Waals surface area contributed by atoms with Crippen LogP contribution in [0, 0.1) is 0 Å². The van der Waals surface area contributed by atoms with Gasteiger partial charge in [0.2, 0.25) is 12.1 Å². The number of carbonyl (C=O) groups excluding carboxylic acids is 2. The SMILES string of the molecule is CCOC(=O)c1cccc2nc(OCC)n(Cc3ccc(-c4ccccc4-c4nnn(C(C)OC(=O)OC5CCCCC5)n4)cc3)c12. The van der Waals surface area contributed by atoms with E-state index in [4.69, 9.17) is 18.9 Å². The van der Waals surface area contributed by atoms with Crippen LogP contribution in [0.15, 0.2) is 66.7 Å². The molecule has 5 aromatic rings. The highest BCUT2D eigenvalue weighted by Gasteiger charge is 2.23. The average molecular weight is 639 g/mol. The molecular formula is C35H38N6O6. The molecule has 0 aliphatic heterocycles. The third-order valence-electron chi connectivity index (χ3n) is 8.11. The third kappa shape index (κ3) is 7.11. The van der Waals surface area contributed by atoms with Gasteiger partial charge in [-0.1, -0.05) is 61.0 Å². The van der Waals surface area contributed by atoms with E-state index in [0.29, 0.717) is 41.6 Å². The maximum absolute atomic E-state index is 12.8. The minimum absolute atomic E-state index is 0.103. The monoisotopic (exact) mass is 638 g/mol. The van der Waals surface area contributed by atoms with E-state index in [1.807, 2.05) is 66.1 Å². The van der Waals surface area contributed by atoms with E-state index in [1.165, 1.54) is 11.2 Å². The summed E-state index contributed by atoms with van der Waals surface area (Å²) in [4.78, 5) is 31.1. The first kappa shape index (κ1) is 31.7. The quantitative estimate of drug-likeness (QED) is 0.140. The van der Waals surface area contributed by atoms with Crippen LogP contribution in [0.5, 0.6) is 6.01 Å². The van der Waals surface area contributed by atoms with Gasteiger partial charge in [0.25, 0.3) is 6.01 Å². The highest BCUT2D eigenvalue weighted by molar-refractivity contribution is 6.02. The second-order valence-electron chi connectivity index (χ2n) is 11.3. The summed E-state index contributed by atoms with van der Waals surface area (Å²) in [6, 6.07) is 21.7. The fourth-order valence-corrected chi connectivity index (χ4v) is 5.85. The van der Waals surface area contributed by atoms with Gasteiger partial charge in [0.1, 0.15) is 6.10 Å². The molecule has 1 unspecified atom stereocenters. The van der Waals surface area contributed by atoms with Crippen molar-refractivity contribution in [1.29, 1.82) is 0 Å². The molecule has 6 rings (SSSR count). The third-order valence-corrected chi connectivity index (χ3v) is 8.11. The topological polar surface area (TPSA) is 132 Å². The van der Waals surface area contributed by atoms with Crippen LogP contribution in [0.1, 0.15) is 75.0 Å². The molecule has 0 amide bonds. The fraction of sp³-hybridized carbons (Fsp3) is 0.371. The Labute approximate surface area is 272 Å². The van der Waals surface area contributed by atoms with Crippen LogP contribution in [0.4, 0.5) is 4.79 Å². The molecule has 0 radical (unpaired) electrons. The van der Waals surface area contributed by atoms with Gasteiger partial charge in [0.05, 0.1) is 36.4 Å². The molecule has 244 valence electrons. The van der Waals surface area contributed by atoms with Crippen molar-refractivity contribution in [2.24, 2.45) is 0 Å². The number of aromatic nitrogens is 6. The van der Waals surface area contributed by atoms with Crippen molar-refractivity contribution in [2.75, 3.05) is 13.2 Å². The predicted molar refractivity (Wildman–Crippen MR) is 174 cm³/mol. The normalized spacial score (nSPS) is 14.1. The van der Waals surface area contributed by atoms with Gasteiger partial charge in [-0.25, -0.2) is 9.59 Å². The van der Waals surface area contributed by atoms with Crippen LogP contribution >= 0.6 is 0 Å². The summed E-state index contributed by atoms with van der Waals surface area (Å²) in [6.07, 6.45) is 3.38. The second-order valence-corrected chi connectivity index (χ2v) is 11.3. The average Bonchev–Trinajstić information content (AvgIpc) is 3.71. The zero-order valence-corrected chi connectivity index (χ0v) is 26.8. The molecule has 1 aliphatic carbocycles. The lowest BCUT2D eigenvalue weighted by atomic mass is 9.98. The van der Waals surface area contributed by atoms with Gasteiger partial charge in [-0.05, 0) is 80.5 Å². The molecule has 12 heteroatoms. The molecule has 1 atom stereocenters. The Bertz CT molecular complexity index is 1840. The number of para-hydroxylation sites is 1. The van der Waals surface area contributed by atoms with E-state index in [0.717, 1.165) is 47.9 Å². The first-order valence-corrected chi connectivity index (χ1v) is 16.1. The van der Waals surface area contributed by atoms with Crippen molar-refractivity contribution in [3.05, 3.63) is 77.9 Å². The summed E-state index contributed by atoms with van der Waals surface area (Å²) in [6.45, 7) is 6.50. The molecule has 0 saturated heterocycles. The Morgan fingerprint density at radius 1 is 0.915 bits per heavy atom. The Morgan fingerprint density at radius 2 is 1.68 bits per heavy atom. The first-order valence-electron chi connectivity index (χ1n) is 16.1. The Balaban J connectivity index is 1.21. The van der Waals surface area contributed by atoms with Crippen molar-refractivity contribution < 1.29 is 28.5 Å². The number of carbonyl (C=O) groups is 2. The summed E-state index contributed by atoms with van der Waals surface area (Å²) in [5.41, 5.74) is 5.39. The molecule has 0 spiro atoms. The van der Waals surface area contributed by atoms with Gasteiger partial charge < -0.3 is 18.9 Å². The number of rotatable bonds is 11. The molecule has 0 bridgehead atoms. The zero-order chi connectivity index (χ0) is 32.8. The van der Waals surface area contributed by atoms with E-state index in [-0.39, 0.29) is 12.7 Å². The van der Waals surface area contributed by atoms with Gasteiger partial charge in [0.15, 0.2) is 0 Å². The summed E-state index contributed by atoms with van der Waals surface area (Å²) in [5.74, 6) is -0.00126. The van der Waals surface area contributed by atoms with Gasteiger partial charge in [-0.3, -0.25) is 4.57 Å². The minimum Gasteiger partial charge on any atom is -0.465 e. The number of esters is 1. The van der Waals surface area contributed by atoms with E-state index < -0.39 is 18.4 Å². The largest absolute Gasteiger partial charge is 0.510 e. The maximum atomic E-state index is 12.8. The van der Waals surface area contributed by atoms with Crippen molar-refractivity contribution in [3.63, 3.8) is 0 Å². The summed E-state index contributed by atoms with van der Waals surface area (Å²) >= 11 is 0. The molecule has 1 aliphatic rings. The molecule has 2 aromatic heterocycles. The van der Waals surface area contributed by atoms with E-state index in [9.17, 15) is 9.59 Å². The molecule has 12 nitrogen and oxygen atoms in total. The van der Waals surface area contributed by atoms with Gasteiger partial charge in [-0.15, -0.1) is 15.0 Å². The lowest BCUT2D eigenvalue weighted by molar-refractivity contribution is -0.0330. The number of ether oxygens (including phenoxy) is 4. The van der Waals surface area contributed by atoms with Gasteiger partial charge >= 0.3 is 12.1 Å². The van der Waals surface area contributed by atoms with Crippen LogP contribution in [0.25, 0.3) is 33.5 Å². The number of hydrogen-bond acceptors (Lipinski definition) is 10. The molecule has 0 N–H and O–H groups in total. The van der Waals surface area contributed by atoms with Crippen LogP contribution in [-0.2, 0) is 20.8 Å². The van der Waals surface area contributed by atoms with Crippen LogP contribution in [-0.4, -0.2) is 61.2 Å². The van der Waals surface area contributed by atoms with Crippen molar-refractivity contribution in [2.45, 2.75) is 71.8 Å². The highest BCUT2D eigenvalue weighted by atomic mass is 16.7. The number of nitrogens with zero attached hydrogens (tertiary/aromatic N) is 6. The molecule has 1 saturated carbocycles. The van der Waals surface area contributed by atoms with Crippen molar-refractivity contribution in [1.82, 2.24) is 29.8 Å². The van der Waals surface area contributed by atoms with Crippen LogP contribution in [0.3, 0.4) is 0 Å². The number of tetrazole rings is 1. The number of hydrogen-bond donors (Lipinski definition) is 0. The molecule has 3 aromatic carbocycles. The minimum atomic E-state index is -0.788. The molecule has 2 heterocycles.